The summed E-state index contributed by atoms with van der Waals surface area (Å²) in [6.45, 7) is 3.23. The molecule has 0 aromatic heterocycles. The van der Waals surface area contributed by atoms with Gasteiger partial charge in [-0.15, -0.1) is 0 Å². The summed E-state index contributed by atoms with van der Waals surface area (Å²) >= 11 is 0. The zero-order valence-corrected chi connectivity index (χ0v) is 16.9. The zero-order valence-electron chi connectivity index (χ0n) is 16.1. The molecule has 0 spiro atoms. The van der Waals surface area contributed by atoms with Gasteiger partial charge in [0.2, 0.25) is 0 Å². The summed E-state index contributed by atoms with van der Waals surface area (Å²) in [7, 11) is -4.78. The molecule has 0 aliphatic carbocycles. The average Bonchev–Trinajstić information content (AvgIpc) is 2.67. The Morgan fingerprint density at radius 2 is 1.28 bits per heavy atom. The number of hydrogen-bond acceptors (Lipinski definition) is 4. The molecule has 3 aromatic rings. The van der Waals surface area contributed by atoms with Crippen LogP contribution < -0.4 is 0 Å². The predicted molar refractivity (Wildman–Crippen MR) is 111 cm³/mol. The van der Waals surface area contributed by atoms with E-state index in [1.165, 1.54) is 6.92 Å². The van der Waals surface area contributed by atoms with E-state index in [0.29, 0.717) is 23.1 Å². The normalized spacial score (nSPS) is 11.4. The van der Waals surface area contributed by atoms with Gasteiger partial charge in [-0.2, -0.15) is 8.42 Å². The zero-order chi connectivity index (χ0) is 21.2. The van der Waals surface area contributed by atoms with Crippen molar-refractivity contribution in [2.75, 3.05) is 0 Å². The van der Waals surface area contributed by atoms with E-state index in [2.05, 4.69) is 0 Å². The molecule has 0 aliphatic rings. The third-order valence-corrected chi connectivity index (χ3v) is 6.12. The van der Waals surface area contributed by atoms with E-state index in [1.54, 1.807) is 6.92 Å². The Bertz CT molecular complexity index is 1160. The number of nitro groups is 1. The minimum absolute atomic E-state index is 0.183. The van der Waals surface area contributed by atoms with E-state index in [-0.39, 0.29) is 12.0 Å². The van der Waals surface area contributed by atoms with Crippen LogP contribution in [0.4, 0.5) is 5.69 Å². The Hall–Kier alpha value is -3.03. The Morgan fingerprint density at radius 3 is 1.69 bits per heavy atom. The van der Waals surface area contributed by atoms with Crippen LogP contribution in [0, 0.1) is 24.0 Å². The summed E-state index contributed by atoms with van der Waals surface area (Å²) in [6, 6.07) is 18.6. The van der Waals surface area contributed by atoms with Crippen molar-refractivity contribution in [3.8, 4) is 0 Å². The van der Waals surface area contributed by atoms with Crippen LogP contribution in [0.5, 0.6) is 0 Å². The molecule has 0 atom stereocenters. The standard InChI is InChI=1S/C22H21NO5S/c1-15-16(2)22(29(26,27)28)21(23(24)25)20(14-18-11-7-4-8-12-18)19(15)13-17-9-5-3-6-10-17/h3-12H,13-14H2,1-2H3,(H,26,27,28). The molecule has 3 rings (SSSR count). The third-order valence-electron chi connectivity index (χ3n) is 5.11. The lowest BCUT2D eigenvalue weighted by atomic mass is 9.88. The first kappa shape index (κ1) is 20.7. The number of nitrogens with zero attached hydrogens (tertiary/aromatic N) is 1. The fraction of sp³-hybridized carbons (Fsp3) is 0.182. The van der Waals surface area contributed by atoms with Gasteiger partial charge in [-0.3, -0.25) is 14.7 Å². The van der Waals surface area contributed by atoms with Crippen molar-refractivity contribution in [2.45, 2.75) is 31.6 Å². The number of hydrogen-bond donors (Lipinski definition) is 1. The van der Waals surface area contributed by atoms with Gasteiger partial charge in [-0.1, -0.05) is 60.7 Å². The molecule has 0 aliphatic heterocycles. The lowest BCUT2D eigenvalue weighted by Gasteiger charge is -2.19. The van der Waals surface area contributed by atoms with Crippen LogP contribution in [0.25, 0.3) is 0 Å². The monoisotopic (exact) mass is 411 g/mol. The number of nitro benzene ring substituents is 1. The second-order valence-corrected chi connectivity index (χ2v) is 8.30. The van der Waals surface area contributed by atoms with Crippen molar-refractivity contribution in [2.24, 2.45) is 0 Å². The maximum atomic E-state index is 12.1. The third kappa shape index (κ3) is 4.36. The van der Waals surface area contributed by atoms with E-state index in [0.717, 1.165) is 11.1 Å². The Labute approximate surface area is 169 Å². The topological polar surface area (TPSA) is 97.5 Å². The minimum atomic E-state index is -4.78. The SMILES string of the molecule is Cc1c(C)c(S(=O)(=O)O)c([N+](=O)[O-])c(Cc2ccccc2)c1Cc1ccccc1. The molecule has 0 unspecified atom stereocenters. The van der Waals surface area contributed by atoms with E-state index in [9.17, 15) is 23.1 Å². The van der Waals surface area contributed by atoms with Crippen molar-refractivity contribution in [1.29, 1.82) is 0 Å². The van der Waals surface area contributed by atoms with Gasteiger partial charge in [-0.25, -0.2) is 0 Å². The van der Waals surface area contributed by atoms with Crippen LogP contribution in [-0.2, 0) is 23.0 Å². The molecule has 3 aromatic carbocycles. The molecule has 0 saturated heterocycles. The summed E-state index contributed by atoms with van der Waals surface area (Å²) in [5.74, 6) is 0. The van der Waals surface area contributed by atoms with Gasteiger partial charge in [-0.05, 0) is 48.1 Å². The van der Waals surface area contributed by atoms with Crippen LogP contribution in [0.1, 0.15) is 33.4 Å². The average molecular weight is 411 g/mol. The van der Waals surface area contributed by atoms with Crippen molar-refractivity contribution < 1.29 is 17.9 Å². The number of benzene rings is 3. The van der Waals surface area contributed by atoms with Gasteiger partial charge in [0, 0.05) is 12.0 Å². The maximum Gasteiger partial charge on any atom is 0.301 e. The molecule has 0 fully saturated rings. The highest BCUT2D eigenvalue weighted by Gasteiger charge is 2.34. The van der Waals surface area contributed by atoms with E-state index >= 15 is 0 Å². The maximum absolute atomic E-state index is 12.1. The highest BCUT2D eigenvalue weighted by atomic mass is 32.2. The Balaban J connectivity index is 2.35. The van der Waals surface area contributed by atoms with Gasteiger partial charge in [0.15, 0.2) is 4.90 Å². The first-order chi connectivity index (χ1) is 13.7. The summed E-state index contributed by atoms with van der Waals surface area (Å²) in [5, 5.41) is 12.0. The molecule has 29 heavy (non-hydrogen) atoms. The molecule has 150 valence electrons. The van der Waals surface area contributed by atoms with Crippen molar-refractivity contribution in [3.05, 3.63) is 104 Å². The lowest BCUT2D eigenvalue weighted by Crippen LogP contribution is -2.14. The highest BCUT2D eigenvalue weighted by Crippen LogP contribution is 2.38. The molecule has 6 nitrogen and oxygen atoms in total. The lowest BCUT2D eigenvalue weighted by molar-refractivity contribution is -0.388. The van der Waals surface area contributed by atoms with Gasteiger partial charge in [0.05, 0.1) is 4.92 Å². The summed E-state index contributed by atoms with van der Waals surface area (Å²) < 4.78 is 33.9. The van der Waals surface area contributed by atoms with Gasteiger partial charge in [0.25, 0.3) is 5.69 Å². The fourth-order valence-electron chi connectivity index (χ4n) is 3.62. The van der Waals surface area contributed by atoms with Crippen LogP contribution in [0.15, 0.2) is 65.6 Å². The Kier molecular flexibility index (Phi) is 5.81. The second-order valence-electron chi connectivity index (χ2n) is 6.94. The first-order valence-corrected chi connectivity index (χ1v) is 10.5. The molecular weight excluding hydrogens is 390 g/mol. The minimum Gasteiger partial charge on any atom is -0.282 e. The van der Waals surface area contributed by atoms with Gasteiger partial charge >= 0.3 is 10.1 Å². The van der Waals surface area contributed by atoms with Crippen LogP contribution in [-0.4, -0.2) is 17.9 Å². The molecule has 7 heteroatoms. The van der Waals surface area contributed by atoms with Crippen molar-refractivity contribution >= 4 is 15.8 Å². The molecule has 0 amide bonds. The van der Waals surface area contributed by atoms with Crippen LogP contribution >= 0.6 is 0 Å². The first-order valence-electron chi connectivity index (χ1n) is 9.04. The van der Waals surface area contributed by atoms with Crippen LogP contribution in [0.3, 0.4) is 0 Å². The smallest absolute Gasteiger partial charge is 0.282 e. The van der Waals surface area contributed by atoms with Crippen LogP contribution in [0.2, 0.25) is 0 Å². The summed E-state index contributed by atoms with van der Waals surface area (Å²) in [4.78, 5) is 10.6. The summed E-state index contributed by atoms with van der Waals surface area (Å²) in [5.41, 5.74) is 3.05. The molecule has 0 radical (unpaired) electrons. The van der Waals surface area contributed by atoms with E-state index < -0.39 is 25.6 Å². The van der Waals surface area contributed by atoms with E-state index in [1.807, 2.05) is 60.7 Å². The van der Waals surface area contributed by atoms with Crippen molar-refractivity contribution in [1.82, 2.24) is 0 Å². The quantitative estimate of drug-likeness (QED) is 0.362. The number of rotatable bonds is 6. The summed E-state index contributed by atoms with van der Waals surface area (Å²) in [6.07, 6.45) is 0.602. The molecule has 0 heterocycles. The van der Waals surface area contributed by atoms with Gasteiger partial charge in [0.1, 0.15) is 0 Å². The second kappa shape index (κ2) is 8.14. The fourth-order valence-corrected chi connectivity index (χ4v) is 4.60. The molecular formula is C22H21NO5S. The van der Waals surface area contributed by atoms with Gasteiger partial charge < -0.3 is 0 Å². The predicted octanol–water partition coefficient (Wildman–Crippen LogP) is 4.64. The van der Waals surface area contributed by atoms with Crippen molar-refractivity contribution in [3.63, 3.8) is 0 Å². The largest absolute Gasteiger partial charge is 0.301 e. The Morgan fingerprint density at radius 1 is 0.828 bits per heavy atom. The molecule has 1 N–H and O–H groups in total. The van der Waals surface area contributed by atoms with E-state index in [4.69, 9.17) is 0 Å². The molecule has 0 bridgehead atoms. The molecule has 0 saturated carbocycles. The highest BCUT2D eigenvalue weighted by molar-refractivity contribution is 7.86.